The van der Waals surface area contributed by atoms with Crippen molar-refractivity contribution in [3.05, 3.63) is 0 Å². The predicted octanol–water partition coefficient (Wildman–Crippen LogP) is 4.47. The van der Waals surface area contributed by atoms with E-state index in [-0.39, 0.29) is 24.2 Å². The Balaban J connectivity index is 2.46. The van der Waals surface area contributed by atoms with Gasteiger partial charge in [-0.1, -0.05) is 13.8 Å². The molecule has 1 fully saturated rings. The van der Waals surface area contributed by atoms with Gasteiger partial charge in [0.25, 0.3) is 0 Å². The lowest BCUT2D eigenvalue weighted by atomic mass is 9.76. The molecule has 0 aromatic carbocycles. The highest BCUT2D eigenvalue weighted by Crippen LogP contribution is 2.41. The van der Waals surface area contributed by atoms with Crippen LogP contribution in [0, 0.1) is 11.3 Å². The highest BCUT2D eigenvalue weighted by Gasteiger charge is 2.37. The van der Waals surface area contributed by atoms with Gasteiger partial charge >= 0.3 is 0 Å². The van der Waals surface area contributed by atoms with Crippen LogP contribution in [0.3, 0.4) is 0 Å². The Hall–Kier alpha value is 0.150. The molecule has 3 heteroatoms. The third-order valence-electron chi connectivity index (χ3n) is 2.95. The van der Waals surface area contributed by atoms with Crippen LogP contribution in [0.1, 0.15) is 46.0 Å². The summed E-state index contributed by atoms with van der Waals surface area (Å²) in [6.45, 7) is 4.10. The Kier molecular flexibility index (Phi) is 3.79. The second kappa shape index (κ2) is 4.34. The van der Waals surface area contributed by atoms with E-state index in [1.807, 2.05) is 13.8 Å². The van der Waals surface area contributed by atoms with Crippen LogP contribution in [0.5, 0.6) is 0 Å². The topological polar surface area (TPSA) is 0 Å². The zero-order valence-corrected chi connectivity index (χ0v) is 9.71. The fourth-order valence-corrected chi connectivity index (χ4v) is 2.40. The molecule has 0 nitrogen and oxygen atoms in total. The van der Waals surface area contributed by atoms with E-state index in [4.69, 9.17) is 11.6 Å². The van der Waals surface area contributed by atoms with Gasteiger partial charge in [-0.05, 0) is 30.6 Å². The number of hydrogen-bond donors (Lipinski definition) is 0. The van der Waals surface area contributed by atoms with Crippen LogP contribution < -0.4 is 0 Å². The summed E-state index contributed by atoms with van der Waals surface area (Å²) in [7, 11) is 0. The fraction of sp³-hybridized carbons (Fsp3) is 1.00. The van der Waals surface area contributed by atoms with Gasteiger partial charge in [0.15, 0.2) is 0 Å². The smallest absolute Gasteiger partial charge is 0.207 e. The maximum absolute atomic E-state index is 13.1. The van der Waals surface area contributed by atoms with Gasteiger partial charge in [-0.15, -0.1) is 11.6 Å². The van der Waals surface area contributed by atoms with E-state index in [0.717, 1.165) is 12.8 Å². The molecule has 1 saturated carbocycles. The number of halogens is 3. The number of rotatable bonds is 3. The molecule has 0 aliphatic heterocycles. The quantitative estimate of drug-likeness (QED) is 0.621. The Labute approximate surface area is 90.0 Å². The van der Waals surface area contributed by atoms with Crippen molar-refractivity contribution >= 4 is 11.6 Å². The average molecular weight is 225 g/mol. The average Bonchev–Trinajstić information content (AvgIpc) is 2.01. The molecule has 0 bridgehead atoms. The van der Waals surface area contributed by atoms with E-state index in [0.29, 0.717) is 12.3 Å². The largest absolute Gasteiger partial charge is 0.248 e. The minimum atomic E-state index is -2.43. The van der Waals surface area contributed by atoms with Crippen molar-refractivity contribution in [2.45, 2.75) is 51.9 Å². The summed E-state index contributed by atoms with van der Waals surface area (Å²) in [6.07, 6.45) is 2.57. The van der Waals surface area contributed by atoms with Crippen molar-refractivity contribution in [3.8, 4) is 0 Å². The van der Waals surface area contributed by atoms with E-state index in [1.165, 1.54) is 0 Å². The van der Waals surface area contributed by atoms with Crippen LogP contribution in [0.15, 0.2) is 0 Å². The third kappa shape index (κ3) is 3.72. The van der Waals surface area contributed by atoms with Gasteiger partial charge in [0.05, 0.1) is 0 Å². The molecule has 1 aliphatic rings. The normalized spacial score (nSPS) is 27.6. The Morgan fingerprint density at radius 2 is 2.07 bits per heavy atom. The highest BCUT2D eigenvalue weighted by atomic mass is 35.5. The summed E-state index contributed by atoms with van der Waals surface area (Å²) < 4.78 is 26.2. The predicted molar refractivity (Wildman–Crippen MR) is 56.0 cm³/mol. The zero-order chi connectivity index (χ0) is 10.8. The molecular weight excluding hydrogens is 206 g/mol. The first-order valence-corrected chi connectivity index (χ1v) is 5.82. The van der Waals surface area contributed by atoms with Crippen LogP contribution >= 0.6 is 11.6 Å². The van der Waals surface area contributed by atoms with Crippen molar-refractivity contribution in [2.24, 2.45) is 11.3 Å². The lowest BCUT2D eigenvalue weighted by Gasteiger charge is -2.33. The number of hydrogen-bond acceptors (Lipinski definition) is 0. The van der Waals surface area contributed by atoms with Gasteiger partial charge in [-0.2, -0.15) is 0 Å². The van der Waals surface area contributed by atoms with Crippen LogP contribution in [-0.2, 0) is 0 Å². The Bertz CT molecular complexity index is 190. The molecule has 0 aromatic rings. The van der Waals surface area contributed by atoms with E-state index in [1.54, 1.807) is 0 Å². The molecule has 0 radical (unpaired) electrons. The summed E-state index contributed by atoms with van der Waals surface area (Å²) in [4.78, 5) is 0. The summed E-state index contributed by atoms with van der Waals surface area (Å²) in [5.41, 5.74) is -0.000355. The van der Waals surface area contributed by atoms with E-state index < -0.39 is 5.92 Å². The van der Waals surface area contributed by atoms with Gasteiger partial charge in [0.2, 0.25) is 5.92 Å². The van der Waals surface area contributed by atoms with E-state index in [2.05, 4.69) is 0 Å². The van der Waals surface area contributed by atoms with Crippen molar-refractivity contribution in [3.63, 3.8) is 0 Å². The summed E-state index contributed by atoms with van der Waals surface area (Å²) in [5, 5.41) is 0. The van der Waals surface area contributed by atoms with Gasteiger partial charge in [0, 0.05) is 18.7 Å². The van der Waals surface area contributed by atoms with Crippen molar-refractivity contribution in [1.82, 2.24) is 0 Å². The standard InChI is InChI=1S/C11H19ClF2/c1-10(2,8-12)6-9-4-3-5-11(13,14)7-9/h9H,3-8H2,1-2H3. The first-order chi connectivity index (χ1) is 6.35. The molecule has 1 aliphatic carbocycles. The third-order valence-corrected chi connectivity index (χ3v) is 3.67. The van der Waals surface area contributed by atoms with Crippen LogP contribution in [0.25, 0.3) is 0 Å². The van der Waals surface area contributed by atoms with Crippen molar-refractivity contribution in [2.75, 3.05) is 5.88 Å². The number of alkyl halides is 3. The van der Waals surface area contributed by atoms with Crippen LogP contribution in [0.2, 0.25) is 0 Å². The monoisotopic (exact) mass is 224 g/mol. The zero-order valence-electron chi connectivity index (χ0n) is 8.95. The molecular formula is C11H19ClF2. The fourth-order valence-electron chi connectivity index (χ4n) is 2.29. The van der Waals surface area contributed by atoms with E-state index in [9.17, 15) is 8.78 Å². The molecule has 14 heavy (non-hydrogen) atoms. The first kappa shape index (κ1) is 12.2. The second-order valence-corrected chi connectivity index (χ2v) is 5.59. The minimum absolute atomic E-state index is 0.000355. The molecule has 0 aromatic heterocycles. The van der Waals surface area contributed by atoms with E-state index >= 15 is 0 Å². The molecule has 1 atom stereocenters. The van der Waals surface area contributed by atoms with Crippen LogP contribution in [0.4, 0.5) is 8.78 Å². The first-order valence-electron chi connectivity index (χ1n) is 5.28. The minimum Gasteiger partial charge on any atom is -0.207 e. The van der Waals surface area contributed by atoms with Gasteiger partial charge in [0.1, 0.15) is 0 Å². The highest BCUT2D eigenvalue weighted by molar-refractivity contribution is 6.18. The van der Waals surface area contributed by atoms with Crippen molar-refractivity contribution in [1.29, 1.82) is 0 Å². The Morgan fingerprint density at radius 1 is 1.43 bits per heavy atom. The summed E-state index contributed by atoms with van der Waals surface area (Å²) in [6, 6.07) is 0. The molecule has 1 rings (SSSR count). The summed E-state index contributed by atoms with van der Waals surface area (Å²) in [5.74, 6) is -1.71. The van der Waals surface area contributed by atoms with Gasteiger partial charge in [-0.25, -0.2) is 8.78 Å². The lowest BCUT2D eigenvalue weighted by Crippen LogP contribution is -2.29. The summed E-state index contributed by atoms with van der Waals surface area (Å²) >= 11 is 5.80. The molecule has 0 heterocycles. The maximum Gasteiger partial charge on any atom is 0.248 e. The molecule has 0 N–H and O–H groups in total. The van der Waals surface area contributed by atoms with Crippen LogP contribution in [-0.4, -0.2) is 11.8 Å². The lowest BCUT2D eigenvalue weighted by molar-refractivity contribution is -0.0575. The molecule has 0 saturated heterocycles. The molecule has 84 valence electrons. The maximum atomic E-state index is 13.1. The van der Waals surface area contributed by atoms with Gasteiger partial charge in [-0.3, -0.25) is 0 Å². The van der Waals surface area contributed by atoms with Gasteiger partial charge < -0.3 is 0 Å². The SMILES string of the molecule is CC(C)(CCl)CC1CCCC(F)(F)C1. The Morgan fingerprint density at radius 3 is 2.57 bits per heavy atom. The van der Waals surface area contributed by atoms with Crippen molar-refractivity contribution < 1.29 is 8.78 Å². The molecule has 0 spiro atoms. The second-order valence-electron chi connectivity index (χ2n) is 5.32. The molecule has 0 amide bonds. The molecule has 1 unspecified atom stereocenters.